The number of nitrogens with one attached hydrogen (secondary N) is 2. The first kappa shape index (κ1) is 16.2. The van der Waals surface area contributed by atoms with E-state index in [9.17, 15) is 9.18 Å². The van der Waals surface area contributed by atoms with E-state index >= 15 is 0 Å². The van der Waals surface area contributed by atoms with Gasteiger partial charge in [0.05, 0.1) is 11.6 Å². The van der Waals surface area contributed by atoms with E-state index in [-0.39, 0.29) is 25.0 Å². The molecule has 0 unspecified atom stereocenters. The summed E-state index contributed by atoms with van der Waals surface area (Å²) in [4.78, 5) is 11.7. The molecule has 0 saturated heterocycles. The molecule has 3 rings (SSSR count). The monoisotopic (exact) mass is 352 g/mol. The van der Waals surface area contributed by atoms with Gasteiger partial charge < -0.3 is 24.8 Å². The number of ether oxygens (including phenoxy) is 3. The zero-order valence-corrected chi connectivity index (χ0v) is 13.2. The third kappa shape index (κ3) is 3.99. The van der Waals surface area contributed by atoms with E-state index < -0.39 is 11.8 Å². The second-order valence-electron chi connectivity index (χ2n) is 4.87. The maximum Gasteiger partial charge on any atom is 0.319 e. The molecule has 0 aliphatic carbocycles. The van der Waals surface area contributed by atoms with Crippen LogP contribution in [0.3, 0.4) is 0 Å². The van der Waals surface area contributed by atoms with Gasteiger partial charge in [-0.05, 0) is 30.3 Å². The predicted octanol–water partition coefficient (Wildman–Crippen LogP) is 3.41. The van der Waals surface area contributed by atoms with Gasteiger partial charge >= 0.3 is 6.03 Å². The van der Waals surface area contributed by atoms with Gasteiger partial charge in [-0.1, -0.05) is 11.6 Å². The molecule has 2 N–H and O–H groups in total. The van der Waals surface area contributed by atoms with E-state index in [1.807, 2.05) is 0 Å². The van der Waals surface area contributed by atoms with Gasteiger partial charge in [0.25, 0.3) is 0 Å². The molecule has 24 heavy (non-hydrogen) atoms. The summed E-state index contributed by atoms with van der Waals surface area (Å²) in [6.07, 6.45) is 0. The molecule has 0 spiro atoms. The molecule has 126 valence electrons. The average Bonchev–Trinajstić information content (AvgIpc) is 3.03. The zero-order valence-electron chi connectivity index (χ0n) is 12.5. The number of hydrogen-bond donors (Lipinski definition) is 2. The van der Waals surface area contributed by atoms with Crippen LogP contribution in [0.1, 0.15) is 0 Å². The van der Waals surface area contributed by atoms with Crippen LogP contribution in [0.15, 0.2) is 36.4 Å². The van der Waals surface area contributed by atoms with E-state index in [1.165, 1.54) is 18.2 Å². The van der Waals surface area contributed by atoms with Gasteiger partial charge in [0, 0.05) is 11.8 Å². The number of rotatable bonds is 5. The van der Waals surface area contributed by atoms with Gasteiger partial charge in [-0.15, -0.1) is 0 Å². The van der Waals surface area contributed by atoms with Crippen LogP contribution in [0.4, 0.5) is 14.9 Å². The minimum atomic E-state index is -0.542. The van der Waals surface area contributed by atoms with Crippen molar-refractivity contribution in [2.75, 3.05) is 25.3 Å². The molecule has 1 aliphatic heterocycles. The zero-order chi connectivity index (χ0) is 16.9. The number of benzene rings is 2. The van der Waals surface area contributed by atoms with Gasteiger partial charge in [0.15, 0.2) is 11.5 Å². The Bertz CT molecular complexity index is 757. The molecule has 8 heteroatoms. The molecule has 0 fully saturated rings. The average molecular weight is 353 g/mol. The molecule has 0 bridgehead atoms. The quantitative estimate of drug-likeness (QED) is 0.809. The van der Waals surface area contributed by atoms with Gasteiger partial charge in [0.1, 0.15) is 18.2 Å². The Kier molecular flexibility index (Phi) is 4.90. The highest BCUT2D eigenvalue weighted by Gasteiger charge is 2.13. The Labute approximate surface area is 142 Å². The number of urea groups is 1. The van der Waals surface area contributed by atoms with E-state index in [0.717, 1.165) is 0 Å². The fraction of sp³-hybridized carbons (Fsp3) is 0.188. The Hall–Kier alpha value is -2.67. The Morgan fingerprint density at radius 2 is 2.04 bits per heavy atom. The maximum absolute atomic E-state index is 13.0. The molecule has 1 aliphatic rings. The molecule has 6 nitrogen and oxygen atoms in total. The molecule has 0 saturated carbocycles. The number of carbonyl (C=O) groups is 1. The summed E-state index contributed by atoms with van der Waals surface area (Å²) in [5, 5.41) is 5.11. The van der Waals surface area contributed by atoms with Crippen LogP contribution < -0.4 is 24.8 Å². The Morgan fingerprint density at radius 3 is 2.88 bits per heavy atom. The van der Waals surface area contributed by atoms with Crippen molar-refractivity contribution in [2.45, 2.75) is 0 Å². The van der Waals surface area contributed by atoms with E-state index in [0.29, 0.717) is 22.9 Å². The number of carbonyl (C=O) groups excluding carboxylic acids is 1. The van der Waals surface area contributed by atoms with E-state index in [2.05, 4.69) is 10.6 Å². The third-order valence-electron chi connectivity index (χ3n) is 3.18. The minimum Gasteiger partial charge on any atom is -0.492 e. The lowest BCUT2D eigenvalue weighted by Gasteiger charge is -2.10. The summed E-state index contributed by atoms with van der Waals surface area (Å²) >= 11 is 5.65. The topological polar surface area (TPSA) is 68.8 Å². The molecule has 2 aromatic rings. The summed E-state index contributed by atoms with van der Waals surface area (Å²) in [5.41, 5.74) is 0.399. The van der Waals surface area contributed by atoms with Crippen molar-refractivity contribution in [3.63, 3.8) is 0 Å². The highest BCUT2D eigenvalue weighted by atomic mass is 35.5. The first-order chi connectivity index (χ1) is 11.6. The first-order valence-corrected chi connectivity index (χ1v) is 7.52. The van der Waals surface area contributed by atoms with Gasteiger partial charge in [0.2, 0.25) is 6.79 Å². The van der Waals surface area contributed by atoms with Crippen LogP contribution in [0.25, 0.3) is 0 Å². The largest absolute Gasteiger partial charge is 0.492 e. The van der Waals surface area contributed by atoms with Crippen molar-refractivity contribution in [1.82, 2.24) is 5.32 Å². The maximum atomic E-state index is 13.0. The number of hydrogen-bond acceptors (Lipinski definition) is 4. The van der Waals surface area contributed by atoms with Crippen LogP contribution in [0.2, 0.25) is 5.02 Å². The molecule has 2 aromatic carbocycles. The molecule has 1 heterocycles. The second kappa shape index (κ2) is 7.27. The van der Waals surface area contributed by atoms with Gasteiger partial charge in [-0.3, -0.25) is 0 Å². The summed E-state index contributed by atoms with van der Waals surface area (Å²) in [7, 11) is 0. The fourth-order valence-electron chi connectivity index (χ4n) is 2.05. The van der Waals surface area contributed by atoms with E-state index in [1.54, 1.807) is 18.2 Å². The molecular weight excluding hydrogens is 339 g/mol. The van der Waals surface area contributed by atoms with Crippen LogP contribution in [-0.2, 0) is 0 Å². The van der Waals surface area contributed by atoms with Crippen LogP contribution >= 0.6 is 11.6 Å². The second-order valence-corrected chi connectivity index (χ2v) is 5.28. The van der Waals surface area contributed by atoms with Gasteiger partial charge in [-0.2, -0.15) is 0 Å². The van der Waals surface area contributed by atoms with E-state index in [4.69, 9.17) is 25.8 Å². The molecule has 2 amide bonds. The number of amides is 2. The van der Waals surface area contributed by atoms with Crippen molar-refractivity contribution in [1.29, 1.82) is 0 Å². The highest BCUT2D eigenvalue weighted by molar-refractivity contribution is 6.31. The standard InChI is InChI=1S/C16H14ClFN2O4/c17-12-7-10(1-3-13(12)18)20-16(21)19-5-6-22-11-2-4-14-15(8-11)24-9-23-14/h1-4,7-8H,5-6,9H2,(H2,19,20,21). The van der Waals surface area contributed by atoms with Crippen molar-refractivity contribution in [3.05, 3.63) is 47.2 Å². The van der Waals surface area contributed by atoms with Crippen LogP contribution in [-0.4, -0.2) is 26.0 Å². The lowest BCUT2D eigenvalue weighted by molar-refractivity contribution is 0.173. The fourth-order valence-corrected chi connectivity index (χ4v) is 2.23. The van der Waals surface area contributed by atoms with Crippen molar-refractivity contribution in [2.24, 2.45) is 0 Å². The van der Waals surface area contributed by atoms with Crippen molar-refractivity contribution >= 4 is 23.3 Å². The van der Waals surface area contributed by atoms with Crippen LogP contribution in [0.5, 0.6) is 17.2 Å². The Morgan fingerprint density at radius 1 is 1.21 bits per heavy atom. The Balaban J connectivity index is 1.41. The summed E-state index contributed by atoms with van der Waals surface area (Å²) < 4.78 is 29.0. The minimum absolute atomic E-state index is 0.0565. The summed E-state index contributed by atoms with van der Waals surface area (Å²) in [6, 6.07) is 8.74. The third-order valence-corrected chi connectivity index (χ3v) is 3.47. The van der Waals surface area contributed by atoms with Crippen molar-refractivity contribution in [3.8, 4) is 17.2 Å². The molecular formula is C16H14ClFN2O4. The number of anilines is 1. The SMILES string of the molecule is O=C(NCCOc1ccc2c(c1)OCO2)Nc1ccc(F)c(Cl)c1. The number of fused-ring (bicyclic) bond motifs is 1. The molecule has 0 aromatic heterocycles. The summed E-state index contributed by atoms with van der Waals surface area (Å²) in [6.45, 7) is 0.764. The predicted molar refractivity (Wildman–Crippen MR) is 86.5 cm³/mol. The smallest absolute Gasteiger partial charge is 0.319 e. The lowest BCUT2D eigenvalue weighted by atomic mass is 10.3. The number of halogens is 2. The molecule has 0 atom stereocenters. The van der Waals surface area contributed by atoms with Gasteiger partial charge in [-0.25, -0.2) is 9.18 Å². The van der Waals surface area contributed by atoms with Crippen molar-refractivity contribution < 1.29 is 23.4 Å². The summed E-state index contributed by atoms with van der Waals surface area (Å²) in [5.74, 6) is 1.38. The first-order valence-electron chi connectivity index (χ1n) is 7.14. The normalized spacial score (nSPS) is 11.9. The van der Waals surface area contributed by atoms with Crippen LogP contribution in [0, 0.1) is 5.82 Å². The lowest BCUT2D eigenvalue weighted by Crippen LogP contribution is -2.32. The highest BCUT2D eigenvalue weighted by Crippen LogP contribution is 2.34. The molecule has 0 radical (unpaired) electrons.